The van der Waals surface area contributed by atoms with Crippen molar-refractivity contribution in [1.29, 1.82) is 0 Å². The fourth-order valence-electron chi connectivity index (χ4n) is 3.02. The van der Waals surface area contributed by atoms with Crippen molar-refractivity contribution < 1.29 is 23.8 Å². The number of nitrogens with one attached hydrogen (secondary N) is 1. The van der Waals surface area contributed by atoms with E-state index in [0.717, 1.165) is 16.7 Å². The molecule has 1 atom stereocenters. The fraction of sp³-hybridized carbons (Fsp3) is 0.304. The van der Waals surface area contributed by atoms with Crippen molar-refractivity contribution in [3.63, 3.8) is 0 Å². The van der Waals surface area contributed by atoms with Crippen LogP contribution in [0.4, 0.5) is 0 Å². The Kier molecular flexibility index (Phi) is 7.83. The van der Waals surface area contributed by atoms with Crippen molar-refractivity contribution in [2.75, 3.05) is 21.3 Å². The number of carbonyl (C=O) groups excluding carboxylic acids is 2. The second-order valence-corrected chi connectivity index (χ2v) is 6.58. The highest BCUT2D eigenvalue weighted by molar-refractivity contribution is 5.95. The van der Waals surface area contributed by atoms with Crippen LogP contribution in [0.5, 0.6) is 11.5 Å². The lowest BCUT2D eigenvalue weighted by atomic mass is 10.0. The second-order valence-electron chi connectivity index (χ2n) is 6.58. The van der Waals surface area contributed by atoms with Gasteiger partial charge in [0.15, 0.2) is 11.5 Å². The first-order chi connectivity index (χ1) is 13.9. The van der Waals surface area contributed by atoms with Gasteiger partial charge in [-0.1, -0.05) is 35.9 Å². The first kappa shape index (κ1) is 22.0. The fourth-order valence-corrected chi connectivity index (χ4v) is 3.02. The zero-order chi connectivity index (χ0) is 21.4. The average Bonchev–Trinajstić information content (AvgIpc) is 2.73. The molecule has 0 spiro atoms. The molecular weight excluding hydrogens is 370 g/mol. The van der Waals surface area contributed by atoms with Crippen LogP contribution in [0.3, 0.4) is 0 Å². The molecule has 1 N–H and O–H groups in total. The maximum absolute atomic E-state index is 13.0. The lowest BCUT2D eigenvalue weighted by molar-refractivity contribution is -0.141. The van der Waals surface area contributed by atoms with Crippen LogP contribution in [0.15, 0.2) is 49.1 Å². The van der Waals surface area contributed by atoms with E-state index in [-0.39, 0.29) is 12.3 Å². The number of allylic oxidation sites excluding steroid dienone is 1. The number of methoxy groups -OCH3 is 3. The molecule has 0 aliphatic rings. The minimum absolute atomic E-state index is 0.0259. The summed E-state index contributed by atoms with van der Waals surface area (Å²) in [4.78, 5) is 24.9. The topological polar surface area (TPSA) is 73.9 Å². The molecule has 0 saturated carbocycles. The third-order valence-electron chi connectivity index (χ3n) is 4.57. The summed E-state index contributed by atoms with van der Waals surface area (Å²) in [5.74, 6) is 0.284. The molecule has 0 aliphatic heterocycles. The third kappa shape index (κ3) is 5.60. The molecule has 0 aliphatic carbocycles. The van der Waals surface area contributed by atoms with E-state index >= 15 is 0 Å². The molecule has 154 valence electrons. The highest BCUT2D eigenvalue weighted by Crippen LogP contribution is 2.33. The van der Waals surface area contributed by atoms with Crippen LogP contribution in [-0.4, -0.2) is 33.2 Å². The molecular formula is C23H27NO5. The number of hydrogen-bond acceptors (Lipinski definition) is 5. The average molecular weight is 397 g/mol. The van der Waals surface area contributed by atoms with Gasteiger partial charge in [0.1, 0.15) is 0 Å². The van der Waals surface area contributed by atoms with Crippen LogP contribution in [0.1, 0.15) is 39.5 Å². The van der Waals surface area contributed by atoms with Crippen LogP contribution in [-0.2, 0) is 16.0 Å². The molecule has 0 aromatic heterocycles. The molecule has 0 fully saturated rings. The minimum Gasteiger partial charge on any atom is -0.493 e. The van der Waals surface area contributed by atoms with Crippen LogP contribution in [0.25, 0.3) is 0 Å². The standard InChI is InChI=1S/C23H27NO5/c1-6-7-17-12-18(13-20(27-3)22(17)29-5)23(26)24-19(14-21(25)28-4)16-10-8-15(2)9-11-16/h6,8-13,19H,1,7,14H2,2-5H3,(H,24,26). The van der Waals surface area contributed by atoms with Gasteiger partial charge in [0, 0.05) is 11.1 Å². The molecule has 2 aromatic rings. The SMILES string of the molecule is C=CCc1cc(C(=O)NC(CC(=O)OC)c2ccc(C)cc2)cc(OC)c1OC. The number of carbonyl (C=O) groups is 2. The van der Waals surface area contributed by atoms with Gasteiger partial charge in [0.05, 0.1) is 33.8 Å². The van der Waals surface area contributed by atoms with Gasteiger partial charge in [-0.05, 0) is 31.0 Å². The van der Waals surface area contributed by atoms with Gasteiger partial charge < -0.3 is 19.5 Å². The molecule has 29 heavy (non-hydrogen) atoms. The van der Waals surface area contributed by atoms with Crippen LogP contribution < -0.4 is 14.8 Å². The monoisotopic (exact) mass is 397 g/mol. The highest BCUT2D eigenvalue weighted by Gasteiger charge is 2.22. The molecule has 6 heteroatoms. The van der Waals surface area contributed by atoms with Gasteiger partial charge in [-0.3, -0.25) is 9.59 Å². The summed E-state index contributed by atoms with van der Waals surface area (Å²) in [6, 6.07) is 10.5. The first-order valence-corrected chi connectivity index (χ1v) is 9.23. The van der Waals surface area contributed by atoms with Gasteiger partial charge in [-0.2, -0.15) is 0 Å². The summed E-state index contributed by atoms with van der Waals surface area (Å²) in [5.41, 5.74) is 3.10. The Balaban J connectivity index is 2.37. The summed E-state index contributed by atoms with van der Waals surface area (Å²) in [7, 11) is 4.39. The summed E-state index contributed by atoms with van der Waals surface area (Å²) in [5, 5.41) is 2.93. The number of rotatable bonds is 9. The van der Waals surface area contributed by atoms with Crippen molar-refractivity contribution in [2.45, 2.75) is 25.8 Å². The smallest absolute Gasteiger partial charge is 0.307 e. The Morgan fingerprint density at radius 1 is 1.10 bits per heavy atom. The van der Waals surface area contributed by atoms with Gasteiger partial charge in [0.25, 0.3) is 5.91 Å². The number of amides is 1. The Morgan fingerprint density at radius 3 is 2.34 bits per heavy atom. The Bertz CT molecular complexity index is 874. The zero-order valence-corrected chi connectivity index (χ0v) is 17.3. The molecule has 6 nitrogen and oxygen atoms in total. The predicted molar refractivity (Wildman–Crippen MR) is 111 cm³/mol. The summed E-state index contributed by atoms with van der Waals surface area (Å²) >= 11 is 0. The molecule has 2 aromatic carbocycles. The maximum Gasteiger partial charge on any atom is 0.307 e. The number of hydrogen-bond donors (Lipinski definition) is 1. The lowest BCUT2D eigenvalue weighted by Crippen LogP contribution is -2.30. The minimum atomic E-state index is -0.522. The third-order valence-corrected chi connectivity index (χ3v) is 4.57. The molecule has 1 unspecified atom stereocenters. The molecule has 1 amide bonds. The van der Waals surface area contributed by atoms with Gasteiger partial charge in [-0.15, -0.1) is 6.58 Å². The molecule has 0 radical (unpaired) electrons. The number of ether oxygens (including phenoxy) is 3. The molecule has 2 rings (SSSR count). The first-order valence-electron chi connectivity index (χ1n) is 9.23. The van der Waals surface area contributed by atoms with Crippen LogP contribution in [0, 0.1) is 6.92 Å². The Morgan fingerprint density at radius 2 is 1.79 bits per heavy atom. The molecule has 0 heterocycles. The van der Waals surface area contributed by atoms with E-state index in [2.05, 4.69) is 11.9 Å². The Hall–Kier alpha value is -3.28. The van der Waals surface area contributed by atoms with Crippen LogP contribution >= 0.6 is 0 Å². The molecule has 0 bridgehead atoms. The van der Waals surface area contributed by atoms with Crippen LogP contribution in [0.2, 0.25) is 0 Å². The van der Waals surface area contributed by atoms with Gasteiger partial charge >= 0.3 is 5.97 Å². The zero-order valence-electron chi connectivity index (χ0n) is 17.3. The van der Waals surface area contributed by atoms with Gasteiger partial charge in [0.2, 0.25) is 0 Å². The second kappa shape index (κ2) is 10.3. The van der Waals surface area contributed by atoms with E-state index in [0.29, 0.717) is 23.5 Å². The Labute approximate surface area is 171 Å². The van der Waals surface area contributed by atoms with E-state index in [1.165, 1.54) is 14.2 Å². The summed E-state index contributed by atoms with van der Waals surface area (Å²) in [6.45, 7) is 5.72. The normalized spacial score (nSPS) is 11.3. The van der Waals surface area contributed by atoms with E-state index in [4.69, 9.17) is 14.2 Å². The summed E-state index contributed by atoms with van der Waals surface area (Å²) < 4.78 is 15.6. The number of aryl methyl sites for hydroxylation is 1. The van der Waals surface area contributed by atoms with E-state index in [1.54, 1.807) is 25.3 Å². The predicted octanol–water partition coefficient (Wildman–Crippen LogP) is 3.77. The van der Waals surface area contributed by atoms with Crippen molar-refractivity contribution in [3.05, 3.63) is 71.3 Å². The van der Waals surface area contributed by atoms with E-state index in [1.807, 2.05) is 31.2 Å². The van der Waals surface area contributed by atoms with E-state index < -0.39 is 12.0 Å². The summed E-state index contributed by atoms with van der Waals surface area (Å²) in [6.07, 6.45) is 2.27. The largest absolute Gasteiger partial charge is 0.493 e. The molecule has 0 saturated heterocycles. The van der Waals surface area contributed by atoms with Crippen molar-refractivity contribution in [1.82, 2.24) is 5.32 Å². The highest BCUT2D eigenvalue weighted by atomic mass is 16.5. The van der Waals surface area contributed by atoms with Crippen molar-refractivity contribution >= 4 is 11.9 Å². The number of benzene rings is 2. The van der Waals surface area contributed by atoms with Gasteiger partial charge in [-0.25, -0.2) is 0 Å². The van der Waals surface area contributed by atoms with Crippen molar-refractivity contribution in [3.8, 4) is 11.5 Å². The van der Waals surface area contributed by atoms with E-state index in [9.17, 15) is 9.59 Å². The lowest BCUT2D eigenvalue weighted by Gasteiger charge is -2.20. The maximum atomic E-state index is 13.0. The van der Waals surface area contributed by atoms with Crippen molar-refractivity contribution in [2.24, 2.45) is 0 Å². The quantitative estimate of drug-likeness (QED) is 0.515. The number of esters is 1.